The first kappa shape index (κ1) is 22.6. The number of carbonyl (C=O) groups is 1. The molecule has 1 aromatic heterocycles. The Labute approximate surface area is 189 Å². The standard InChI is InChI=1S/C21H21ClF2N4O3S/c1-11-7-12(22)9-26-17(11)18(29)27-13-3-4-15(24)14(8-13)20(2)16-5-6-21(10-23,19(25)28-20)32(16,30)31/h3-4,7-9,16H,5-6,10H2,1-2H3,(H2,25,28)(H,27,29)/t16-,20+,21-/m0/s1. The van der Waals surface area contributed by atoms with E-state index in [4.69, 9.17) is 17.3 Å². The lowest BCUT2D eigenvalue weighted by atomic mass is 9.86. The van der Waals surface area contributed by atoms with Gasteiger partial charge in [0.05, 0.1) is 10.3 Å². The van der Waals surface area contributed by atoms with E-state index >= 15 is 0 Å². The number of pyridine rings is 1. The van der Waals surface area contributed by atoms with Gasteiger partial charge in [-0.3, -0.25) is 9.79 Å². The molecule has 1 saturated heterocycles. The largest absolute Gasteiger partial charge is 0.386 e. The highest BCUT2D eigenvalue weighted by atomic mass is 35.5. The van der Waals surface area contributed by atoms with Crippen LogP contribution in [0.25, 0.3) is 0 Å². The number of fused-ring (bicyclic) bond motifs is 2. The van der Waals surface area contributed by atoms with Gasteiger partial charge in [-0.15, -0.1) is 0 Å². The number of anilines is 1. The molecule has 11 heteroatoms. The number of aliphatic imine (C=N–C) groups is 1. The minimum absolute atomic E-state index is 0.0129. The maximum absolute atomic E-state index is 14.9. The van der Waals surface area contributed by atoms with E-state index in [-0.39, 0.29) is 35.6 Å². The van der Waals surface area contributed by atoms with Gasteiger partial charge in [-0.05, 0) is 56.5 Å². The summed E-state index contributed by atoms with van der Waals surface area (Å²) in [6.45, 7) is 1.96. The molecule has 3 atom stereocenters. The number of aromatic nitrogens is 1. The molecule has 2 aliphatic rings. The summed E-state index contributed by atoms with van der Waals surface area (Å²) in [5, 5.41) is 1.88. The van der Waals surface area contributed by atoms with Gasteiger partial charge < -0.3 is 11.1 Å². The SMILES string of the molecule is Cc1cc(Cl)cnc1C(=O)Nc1ccc(F)c([C@@]2(C)N=C(N)[C@@]3(CF)CC[C@@H]2S3(=O)=O)c1. The molecule has 0 saturated carbocycles. The van der Waals surface area contributed by atoms with Crippen LogP contribution in [0.1, 0.15) is 41.4 Å². The predicted molar refractivity (Wildman–Crippen MR) is 118 cm³/mol. The van der Waals surface area contributed by atoms with Crippen LogP contribution in [0, 0.1) is 12.7 Å². The summed E-state index contributed by atoms with van der Waals surface area (Å²) in [5.74, 6) is -1.61. The number of benzene rings is 1. The fraction of sp³-hybridized carbons (Fsp3) is 0.381. The minimum Gasteiger partial charge on any atom is -0.386 e. The lowest BCUT2D eigenvalue weighted by Crippen LogP contribution is -2.58. The van der Waals surface area contributed by atoms with Crippen molar-refractivity contribution >= 4 is 38.9 Å². The number of amides is 1. The number of alkyl halides is 1. The first-order chi connectivity index (χ1) is 15.0. The number of nitrogens with two attached hydrogens (primary N) is 1. The van der Waals surface area contributed by atoms with E-state index in [9.17, 15) is 22.0 Å². The lowest BCUT2D eigenvalue weighted by molar-refractivity contribution is 0.102. The maximum atomic E-state index is 14.9. The molecule has 7 nitrogen and oxygen atoms in total. The summed E-state index contributed by atoms with van der Waals surface area (Å²) in [5.41, 5.74) is 5.22. The van der Waals surface area contributed by atoms with Gasteiger partial charge in [0.15, 0.2) is 14.6 Å². The Morgan fingerprint density at radius 2 is 2.09 bits per heavy atom. The molecule has 170 valence electrons. The van der Waals surface area contributed by atoms with Crippen molar-refractivity contribution in [3.05, 3.63) is 58.1 Å². The van der Waals surface area contributed by atoms with Crippen molar-refractivity contribution in [1.82, 2.24) is 4.98 Å². The quantitative estimate of drug-likeness (QED) is 0.693. The second-order valence-electron chi connectivity index (χ2n) is 8.31. The van der Waals surface area contributed by atoms with E-state index in [1.807, 2.05) is 0 Å². The minimum atomic E-state index is -4.06. The van der Waals surface area contributed by atoms with Gasteiger partial charge in [-0.25, -0.2) is 22.2 Å². The van der Waals surface area contributed by atoms with Crippen molar-refractivity contribution in [2.24, 2.45) is 10.7 Å². The topological polar surface area (TPSA) is 115 Å². The number of hydrogen-bond acceptors (Lipinski definition) is 6. The van der Waals surface area contributed by atoms with Crippen LogP contribution in [0.4, 0.5) is 14.5 Å². The Kier molecular flexibility index (Phi) is 5.28. The van der Waals surface area contributed by atoms with Crippen LogP contribution in [0.5, 0.6) is 0 Å². The summed E-state index contributed by atoms with van der Waals surface area (Å²) in [6.07, 6.45) is 1.42. The number of rotatable bonds is 4. The zero-order valence-electron chi connectivity index (χ0n) is 17.3. The van der Waals surface area contributed by atoms with Crippen molar-refractivity contribution < 1.29 is 22.0 Å². The molecule has 0 radical (unpaired) electrons. The monoisotopic (exact) mass is 482 g/mol. The average molecular weight is 483 g/mol. The van der Waals surface area contributed by atoms with Gasteiger partial charge in [-0.2, -0.15) is 0 Å². The van der Waals surface area contributed by atoms with Gasteiger partial charge >= 0.3 is 0 Å². The Morgan fingerprint density at radius 1 is 1.38 bits per heavy atom. The van der Waals surface area contributed by atoms with Gasteiger partial charge in [0.2, 0.25) is 0 Å². The van der Waals surface area contributed by atoms with Gasteiger partial charge in [0, 0.05) is 17.4 Å². The molecule has 2 bridgehead atoms. The zero-order chi connectivity index (χ0) is 23.5. The Morgan fingerprint density at radius 3 is 2.75 bits per heavy atom. The van der Waals surface area contributed by atoms with E-state index in [1.165, 1.54) is 25.3 Å². The fourth-order valence-electron chi connectivity index (χ4n) is 4.62. The van der Waals surface area contributed by atoms with Gasteiger partial charge in [0.25, 0.3) is 5.91 Å². The third-order valence-corrected chi connectivity index (χ3v) is 9.68. The van der Waals surface area contributed by atoms with E-state index in [0.717, 1.165) is 6.07 Å². The van der Waals surface area contributed by atoms with Gasteiger partial charge in [-0.1, -0.05) is 11.6 Å². The molecule has 0 spiro atoms. The lowest BCUT2D eigenvalue weighted by Gasteiger charge is -2.39. The smallest absolute Gasteiger partial charge is 0.274 e. The van der Waals surface area contributed by atoms with Crippen molar-refractivity contribution in [3.63, 3.8) is 0 Å². The van der Waals surface area contributed by atoms with Crippen molar-refractivity contribution in [2.45, 2.75) is 42.2 Å². The van der Waals surface area contributed by atoms with Crippen molar-refractivity contribution in [3.8, 4) is 0 Å². The number of hydrogen-bond donors (Lipinski definition) is 2. The number of sulfone groups is 1. The van der Waals surface area contributed by atoms with Crippen LogP contribution in [-0.2, 0) is 15.4 Å². The summed E-state index contributed by atoms with van der Waals surface area (Å²) in [6, 6.07) is 5.37. The number of nitrogens with zero attached hydrogens (tertiary/aromatic N) is 2. The zero-order valence-corrected chi connectivity index (χ0v) is 18.9. The highest BCUT2D eigenvalue weighted by Crippen LogP contribution is 2.52. The summed E-state index contributed by atoms with van der Waals surface area (Å²) >= 11 is 5.88. The highest BCUT2D eigenvalue weighted by Gasteiger charge is 2.65. The number of halogens is 3. The average Bonchev–Trinajstić information content (AvgIpc) is 2.92. The van der Waals surface area contributed by atoms with Crippen molar-refractivity contribution in [1.29, 1.82) is 0 Å². The molecule has 32 heavy (non-hydrogen) atoms. The molecular formula is C21H21ClF2N4O3S. The second-order valence-corrected chi connectivity index (χ2v) is 11.2. The molecule has 1 fully saturated rings. The van der Waals surface area contributed by atoms with Crippen LogP contribution in [0.3, 0.4) is 0 Å². The van der Waals surface area contributed by atoms with Gasteiger partial charge in [0.1, 0.15) is 29.6 Å². The molecule has 2 aromatic rings. The van der Waals surface area contributed by atoms with Crippen LogP contribution >= 0.6 is 11.6 Å². The highest BCUT2D eigenvalue weighted by molar-refractivity contribution is 7.94. The van der Waals surface area contributed by atoms with E-state index in [0.29, 0.717) is 10.6 Å². The molecular weight excluding hydrogens is 462 g/mol. The molecule has 1 aromatic carbocycles. The number of aryl methyl sites for hydroxylation is 1. The third kappa shape index (κ3) is 3.11. The Balaban J connectivity index is 1.75. The summed E-state index contributed by atoms with van der Waals surface area (Å²) < 4.78 is 53.1. The van der Waals surface area contributed by atoms with E-state index < -0.39 is 43.8 Å². The number of nitrogens with one attached hydrogen (secondary N) is 1. The number of carbonyl (C=O) groups excluding carboxylic acids is 1. The fourth-order valence-corrected chi connectivity index (χ4v) is 7.48. The molecule has 2 aliphatic heterocycles. The van der Waals surface area contributed by atoms with Crippen LogP contribution in [-0.4, -0.2) is 41.8 Å². The Bertz CT molecular complexity index is 1270. The summed E-state index contributed by atoms with van der Waals surface area (Å²) in [4.78, 5) is 21.0. The molecule has 1 amide bonds. The van der Waals surface area contributed by atoms with Crippen molar-refractivity contribution in [2.75, 3.05) is 12.0 Å². The molecule has 3 heterocycles. The molecule has 0 aliphatic carbocycles. The Hall–Kier alpha value is -2.59. The molecule has 4 rings (SSSR count). The van der Waals surface area contributed by atoms with E-state index in [1.54, 1.807) is 13.0 Å². The normalized spacial score (nSPS) is 28.3. The van der Waals surface area contributed by atoms with Crippen LogP contribution < -0.4 is 11.1 Å². The maximum Gasteiger partial charge on any atom is 0.274 e. The first-order valence-electron chi connectivity index (χ1n) is 9.85. The van der Waals surface area contributed by atoms with E-state index in [2.05, 4.69) is 15.3 Å². The van der Waals surface area contributed by atoms with Crippen LogP contribution in [0.2, 0.25) is 5.02 Å². The number of amidine groups is 1. The first-order valence-corrected chi connectivity index (χ1v) is 11.8. The van der Waals surface area contributed by atoms with Crippen LogP contribution in [0.15, 0.2) is 35.5 Å². The molecule has 0 unspecified atom stereocenters. The summed E-state index contributed by atoms with van der Waals surface area (Å²) in [7, 11) is -4.06. The second kappa shape index (κ2) is 7.48. The predicted octanol–water partition coefficient (Wildman–Crippen LogP) is 3.31. The molecule has 3 N–H and O–H groups in total. The third-order valence-electron chi connectivity index (χ3n) is 6.42.